The first kappa shape index (κ1) is 40.0. The first-order chi connectivity index (χ1) is 21.2. The molecule has 0 aromatic carbocycles. The van der Waals surface area contributed by atoms with E-state index in [1.54, 1.807) is 0 Å². The third-order valence-corrected chi connectivity index (χ3v) is 6.01. The number of aliphatic carboxylic acids is 3. The highest BCUT2D eigenvalue weighted by molar-refractivity contribution is 5.73. The minimum Gasteiger partial charge on any atom is -0.475 e. The number of carboxylic acid groups (broad SMARTS) is 3. The van der Waals surface area contributed by atoms with Crippen molar-refractivity contribution in [2.45, 2.75) is 44.1 Å². The van der Waals surface area contributed by atoms with Gasteiger partial charge in [0.05, 0.1) is 18.4 Å². The molecule has 4 rings (SSSR count). The van der Waals surface area contributed by atoms with Gasteiger partial charge < -0.3 is 20.1 Å². The Morgan fingerprint density at radius 3 is 1.70 bits per heavy atom. The number of pyridine rings is 2. The van der Waals surface area contributed by atoms with Crippen molar-refractivity contribution in [3.63, 3.8) is 0 Å². The van der Waals surface area contributed by atoms with Crippen LogP contribution in [0.5, 0.6) is 0 Å². The zero-order chi connectivity index (χ0) is 35.1. The number of likely N-dealkylation sites (tertiary alicyclic amines) is 1. The summed E-state index contributed by atoms with van der Waals surface area (Å²) in [6, 6.07) is 10.4. The number of alkyl halides is 9. The zero-order valence-corrected chi connectivity index (χ0v) is 23.6. The number of rotatable bonds is 4. The van der Waals surface area contributed by atoms with E-state index < -0.39 is 36.4 Å². The molecular weight excluding hydrogens is 651 g/mol. The number of hydrogen-bond donors (Lipinski definition) is 3. The lowest BCUT2D eigenvalue weighted by Crippen LogP contribution is -2.46. The van der Waals surface area contributed by atoms with Crippen LogP contribution in [0.3, 0.4) is 0 Å². The van der Waals surface area contributed by atoms with Crippen LogP contribution in [-0.4, -0.2) is 110 Å². The first-order valence-electron chi connectivity index (χ1n) is 13.0. The highest BCUT2D eigenvalue weighted by Gasteiger charge is 2.39. The summed E-state index contributed by atoms with van der Waals surface area (Å²) in [4.78, 5) is 40.3. The molecule has 0 aliphatic carbocycles. The number of nitrogens with zero attached hydrogens (tertiary/aromatic N) is 4. The average Bonchev–Trinajstić information content (AvgIpc) is 3.15. The smallest absolute Gasteiger partial charge is 0.475 e. The molecule has 2 fully saturated rings. The van der Waals surface area contributed by atoms with E-state index in [1.807, 2.05) is 24.7 Å². The van der Waals surface area contributed by atoms with Gasteiger partial charge in [0, 0.05) is 57.2 Å². The minimum absolute atomic E-state index is 0.347. The van der Waals surface area contributed by atoms with Gasteiger partial charge in [-0.25, -0.2) is 14.4 Å². The van der Waals surface area contributed by atoms with Crippen LogP contribution in [0.1, 0.15) is 17.7 Å². The Bertz CT molecular complexity index is 1160. The van der Waals surface area contributed by atoms with Gasteiger partial charge in [-0.3, -0.25) is 19.8 Å². The van der Waals surface area contributed by atoms with Crippen molar-refractivity contribution in [3.05, 3.63) is 60.2 Å². The predicted octanol–water partition coefficient (Wildman–Crippen LogP) is 4.10. The molecule has 46 heavy (non-hydrogen) atoms. The third-order valence-electron chi connectivity index (χ3n) is 6.01. The molecule has 258 valence electrons. The van der Waals surface area contributed by atoms with Crippen LogP contribution in [0.15, 0.2) is 48.9 Å². The Balaban J connectivity index is 0.000000413. The summed E-state index contributed by atoms with van der Waals surface area (Å²) in [5, 5.41) is 21.4. The number of ether oxygens (including phenoxy) is 1. The third kappa shape index (κ3) is 16.3. The summed E-state index contributed by atoms with van der Waals surface area (Å²) in [6.07, 6.45) is -8.07. The van der Waals surface area contributed by atoms with Gasteiger partial charge in [0.25, 0.3) is 0 Å². The van der Waals surface area contributed by atoms with Crippen LogP contribution in [0.4, 0.5) is 39.5 Å². The summed E-state index contributed by atoms with van der Waals surface area (Å²) < 4.78 is 101. The Morgan fingerprint density at radius 2 is 1.24 bits per heavy atom. The van der Waals surface area contributed by atoms with Crippen LogP contribution < -0.4 is 0 Å². The highest BCUT2D eigenvalue weighted by atomic mass is 19.4. The molecule has 20 heteroatoms. The maximum Gasteiger partial charge on any atom is 0.490 e. The molecule has 0 unspecified atom stereocenters. The Morgan fingerprint density at radius 1 is 0.739 bits per heavy atom. The number of piperidine rings is 1. The van der Waals surface area contributed by atoms with Gasteiger partial charge in [-0.05, 0) is 42.8 Å². The Labute approximate surface area is 255 Å². The number of halogens is 9. The summed E-state index contributed by atoms with van der Waals surface area (Å²) in [6.45, 7) is 7.03. The zero-order valence-electron chi connectivity index (χ0n) is 23.6. The van der Waals surface area contributed by atoms with Crippen molar-refractivity contribution in [2.24, 2.45) is 5.92 Å². The fourth-order valence-electron chi connectivity index (χ4n) is 3.94. The number of carbonyl (C=O) groups is 3. The van der Waals surface area contributed by atoms with Crippen molar-refractivity contribution in [2.75, 3.05) is 32.8 Å². The molecule has 0 radical (unpaired) electrons. The predicted molar refractivity (Wildman–Crippen MR) is 138 cm³/mol. The topological polar surface area (TPSA) is 153 Å². The van der Waals surface area contributed by atoms with E-state index in [-0.39, 0.29) is 0 Å². The van der Waals surface area contributed by atoms with Gasteiger partial charge >= 0.3 is 36.4 Å². The van der Waals surface area contributed by atoms with Gasteiger partial charge in [0.2, 0.25) is 0 Å². The number of carboxylic acids is 3. The van der Waals surface area contributed by atoms with Gasteiger partial charge in [-0.2, -0.15) is 39.5 Å². The van der Waals surface area contributed by atoms with Crippen LogP contribution in [0, 0.1) is 5.92 Å². The van der Waals surface area contributed by atoms with Crippen molar-refractivity contribution >= 4 is 17.9 Å². The van der Waals surface area contributed by atoms with Crippen molar-refractivity contribution in [1.29, 1.82) is 0 Å². The van der Waals surface area contributed by atoms with Crippen LogP contribution in [0.25, 0.3) is 0 Å². The molecule has 2 aliphatic heterocycles. The fourth-order valence-corrected chi connectivity index (χ4v) is 3.94. The minimum atomic E-state index is -5.08. The standard InChI is InChI=1S/C20H26N4O.3C2HF3O2/c1-2-7-22-19(3-1)15-23-10-6-18-14-24(11-12-25-20(18)16-23)13-17-4-8-21-9-5-17;3*3-2(4,5)1(6)7/h1-5,7-9,18,20H,6,10-16H2;3*(H,6,7)/t18-,20-;;;/m1.../s1. The molecule has 2 aromatic rings. The maximum atomic E-state index is 10.6. The van der Waals surface area contributed by atoms with Crippen molar-refractivity contribution < 1.29 is 74.0 Å². The summed E-state index contributed by atoms with van der Waals surface area (Å²) in [5.74, 6) is -7.64. The van der Waals surface area contributed by atoms with Gasteiger partial charge in [0.15, 0.2) is 0 Å². The largest absolute Gasteiger partial charge is 0.490 e. The molecule has 11 nitrogen and oxygen atoms in total. The average molecular weight is 681 g/mol. The Kier molecular flexibility index (Phi) is 15.8. The maximum absolute atomic E-state index is 10.6. The lowest BCUT2D eigenvalue weighted by molar-refractivity contribution is -0.193. The normalized spacial score (nSPS) is 18.9. The Hall–Kier alpha value is -4.04. The number of aromatic nitrogens is 2. The monoisotopic (exact) mass is 680 g/mol. The van der Waals surface area contributed by atoms with E-state index in [4.69, 9.17) is 34.4 Å². The second kappa shape index (κ2) is 18.2. The molecule has 0 bridgehead atoms. The second-order valence-corrected chi connectivity index (χ2v) is 9.51. The molecule has 3 N–H and O–H groups in total. The quantitative estimate of drug-likeness (QED) is 0.400. The van der Waals surface area contributed by atoms with E-state index in [1.165, 1.54) is 12.0 Å². The van der Waals surface area contributed by atoms with E-state index in [2.05, 4.69) is 44.0 Å². The molecule has 0 spiro atoms. The lowest BCUT2D eigenvalue weighted by atomic mass is 9.93. The summed E-state index contributed by atoms with van der Waals surface area (Å²) >= 11 is 0. The van der Waals surface area contributed by atoms with Gasteiger partial charge in [0.1, 0.15) is 0 Å². The van der Waals surface area contributed by atoms with Gasteiger partial charge in [-0.1, -0.05) is 6.07 Å². The molecule has 0 saturated carbocycles. The molecule has 4 heterocycles. The van der Waals surface area contributed by atoms with Crippen LogP contribution >= 0.6 is 0 Å². The van der Waals surface area contributed by atoms with E-state index in [9.17, 15) is 39.5 Å². The number of fused-ring (bicyclic) bond motifs is 1. The van der Waals surface area contributed by atoms with Crippen molar-refractivity contribution in [3.8, 4) is 0 Å². The van der Waals surface area contributed by atoms with Gasteiger partial charge in [-0.15, -0.1) is 0 Å². The number of hydrogen-bond acceptors (Lipinski definition) is 8. The summed E-state index contributed by atoms with van der Waals surface area (Å²) in [5.41, 5.74) is 2.48. The molecule has 0 amide bonds. The fraction of sp³-hybridized carbons (Fsp3) is 0.500. The SMILES string of the molecule is O=C(O)C(F)(F)F.O=C(O)C(F)(F)F.O=C(O)C(F)(F)F.c1ccc(CN2CC[C@@H]3CN(Cc4ccncc4)CCO[C@@H]3C2)nc1. The molecule has 2 aliphatic rings. The van der Waals surface area contributed by atoms with E-state index in [0.29, 0.717) is 12.0 Å². The van der Waals surface area contributed by atoms with Crippen LogP contribution in [0.2, 0.25) is 0 Å². The molecule has 2 atom stereocenters. The lowest BCUT2D eigenvalue weighted by Gasteiger charge is -2.37. The molecular formula is C26H29F9N4O7. The first-order valence-corrected chi connectivity index (χ1v) is 13.0. The molecule has 2 saturated heterocycles. The summed E-state index contributed by atoms with van der Waals surface area (Å²) in [7, 11) is 0. The second-order valence-electron chi connectivity index (χ2n) is 9.51. The van der Waals surface area contributed by atoms with E-state index in [0.717, 1.165) is 51.6 Å². The molecule has 2 aromatic heterocycles. The van der Waals surface area contributed by atoms with Crippen molar-refractivity contribution in [1.82, 2.24) is 19.8 Å². The van der Waals surface area contributed by atoms with Crippen LogP contribution in [-0.2, 0) is 32.2 Å². The van der Waals surface area contributed by atoms with E-state index >= 15 is 0 Å². The highest BCUT2D eigenvalue weighted by Crippen LogP contribution is 2.25.